The molecule has 1 aromatic rings. The van der Waals surface area contributed by atoms with Crippen LogP contribution in [0, 0.1) is 0 Å². The minimum Gasteiger partial charge on any atom is -0.368 e. The van der Waals surface area contributed by atoms with Crippen LogP contribution in [0.5, 0.6) is 0 Å². The van der Waals surface area contributed by atoms with Crippen molar-refractivity contribution >= 4 is 11.8 Å². The monoisotopic (exact) mass is 236 g/mol. The Morgan fingerprint density at radius 1 is 1.59 bits per heavy atom. The molecule has 0 bridgehead atoms. The molecule has 1 aliphatic rings. The first-order valence-electron chi connectivity index (χ1n) is 5.94. The summed E-state index contributed by atoms with van der Waals surface area (Å²) in [5.74, 6) is 1.25. The highest BCUT2D eigenvalue weighted by Gasteiger charge is 2.26. The summed E-state index contributed by atoms with van der Waals surface area (Å²) >= 11 is 0. The third kappa shape index (κ3) is 2.83. The van der Waals surface area contributed by atoms with Gasteiger partial charge in [0.15, 0.2) is 0 Å². The predicted octanol–water partition coefficient (Wildman–Crippen LogP) is -0.472. The van der Waals surface area contributed by atoms with Gasteiger partial charge in [0.2, 0.25) is 5.95 Å². The molecule has 4 N–H and O–H groups in total. The predicted molar refractivity (Wildman–Crippen MR) is 68.7 cm³/mol. The van der Waals surface area contributed by atoms with E-state index in [1.54, 1.807) is 6.20 Å². The molecule has 1 atom stereocenters. The van der Waals surface area contributed by atoms with E-state index in [2.05, 4.69) is 26.8 Å². The summed E-state index contributed by atoms with van der Waals surface area (Å²) in [7, 11) is 2.12. The highest BCUT2D eigenvalue weighted by Crippen LogP contribution is 2.20. The molecule has 0 unspecified atom stereocenters. The van der Waals surface area contributed by atoms with Crippen LogP contribution in [-0.4, -0.2) is 54.1 Å². The van der Waals surface area contributed by atoms with Gasteiger partial charge in [0.25, 0.3) is 0 Å². The zero-order chi connectivity index (χ0) is 12.3. The lowest BCUT2D eigenvalue weighted by Gasteiger charge is -2.24. The molecule has 94 valence electrons. The lowest BCUT2D eigenvalue weighted by Crippen LogP contribution is -2.37. The topological polar surface area (TPSA) is 84.3 Å². The lowest BCUT2D eigenvalue weighted by molar-refractivity contribution is 0.266. The van der Waals surface area contributed by atoms with Gasteiger partial charge in [-0.1, -0.05) is 0 Å². The summed E-state index contributed by atoms with van der Waals surface area (Å²) in [5.41, 5.74) is 11.2. The Kier molecular flexibility index (Phi) is 3.75. The largest absolute Gasteiger partial charge is 0.368 e. The second-order valence-electron chi connectivity index (χ2n) is 4.43. The molecular weight excluding hydrogens is 216 g/mol. The first-order chi connectivity index (χ1) is 8.20. The minimum absolute atomic E-state index is 0.335. The summed E-state index contributed by atoms with van der Waals surface area (Å²) in [4.78, 5) is 12.7. The molecule has 0 amide bonds. The van der Waals surface area contributed by atoms with E-state index in [4.69, 9.17) is 11.5 Å². The van der Waals surface area contributed by atoms with Crippen LogP contribution >= 0.6 is 0 Å². The standard InChI is InChI=1S/C11H20N6/c1-16(7-4-12)9-3-6-17(8-9)10-2-5-14-11(13)15-10/h2,5,9H,3-4,6-8,12H2,1H3,(H2,13,14,15)/t9-/m1/s1. The Labute approximate surface area is 102 Å². The zero-order valence-corrected chi connectivity index (χ0v) is 10.2. The smallest absolute Gasteiger partial charge is 0.221 e. The molecule has 6 heteroatoms. The maximum Gasteiger partial charge on any atom is 0.221 e. The van der Waals surface area contributed by atoms with Gasteiger partial charge in [-0.3, -0.25) is 0 Å². The van der Waals surface area contributed by atoms with Crippen LogP contribution in [0.3, 0.4) is 0 Å². The normalized spacial score (nSPS) is 20.2. The molecule has 0 aliphatic carbocycles. The van der Waals surface area contributed by atoms with E-state index in [-0.39, 0.29) is 0 Å². The van der Waals surface area contributed by atoms with Crippen LogP contribution in [0.2, 0.25) is 0 Å². The molecule has 1 fully saturated rings. The van der Waals surface area contributed by atoms with E-state index in [0.29, 0.717) is 18.5 Å². The van der Waals surface area contributed by atoms with Crippen molar-refractivity contribution in [2.24, 2.45) is 5.73 Å². The highest BCUT2D eigenvalue weighted by molar-refractivity contribution is 5.42. The number of anilines is 2. The van der Waals surface area contributed by atoms with Gasteiger partial charge in [0, 0.05) is 38.4 Å². The van der Waals surface area contributed by atoms with Gasteiger partial charge >= 0.3 is 0 Å². The fourth-order valence-electron chi connectivity index (χ4n) is 2.24. The van der Waals surface area contributed by atoms with Gasteiger partial charge in [-0.25, -0.2) is 4.98 Å². The molecule has 0 spiro atoms. The third-order valence-electron chi connectivity index (χ3n) is 3.25. The molecule has 17 heavy (non-hydrogen) atoms. The van der Waals surface area contributed by atoms with Crippen LogP contribution in [0.1, 0.15) is 6.42 Å². The first-order valence-corrected chi connectivity index (χ1v) is 5.94. The summed E-state index contributed by atoms with van der Waals surface area (Å²) in [6.07, 6.45) is 2.84. The first kappa shape index (κ1) is 12.1. The van der Waals surface area contributed by atoms with Crippen molar-refractivity contribution in [3.05, 3.63) is 12.3 Å². The number of rotatable bonds is 4. The van der Waals surface area contributed by atoms with Crippen LogP contribution in [0.4, 0.5) is 11.8 Å². The number of aromatic nitrogens is 2. The molecule has 0 aromatic carbocycles. The van der Waals surface area contributed by atoms with Crippen LogP contribution in [-0.2, 0) is 0 Å². The number of nitrogens with zero attached hydrogens (tertiary/aromatic N) is 4. The van der Waals surface area contributed by atoms with Crippen molar-refractivity contribution in [2.45, 2.75) is 12.5 Å². The Morgan fingerprint density at radius 2 is 2.41 bits per heavy atom. The van der Waals surface area contributed by atoms with E-state index >= 15 is 0 Å². The van der Waals surface area contributed by atoms with Crippen molar-refractivity contribution in [1.29, 1.82) is 0 Å². The number of nitrogen functional groups attached to an aromatic ring is 1. The van der Waals surface area contributed by atoms with E-state index in [1.807, 2.05) is 6.07 Å². The van der Waals surface area contributed by atoms with Crippen LogP contribution in [0.25, 0.3) is 0 Å². The second-order valence-corrected chi connectivity index (χ2v) is 4.43. The number of hydrogen-bond acceptors (Lipinski definition) is 6. The quantitative estimate of drug-likeness (QED) is 0.735. The number of likely N-dealkylation sites (N-methyl/N-ethyl adjacent to an activating group) is 1. The number of hydrogen-bond donors (Lipinski definition) is 2. The van der Waals surface area contributed by atoms with E-state index in [0.717, 1.165) is 31.9 Å². The fourth-order valence-corrected chi connectivity index (χ4v) is 2.24. The second kappa shape index (κ2) is 5.29. The maximum atomic E-state index is 5.59. The summed E-state index contributed by atoms with van der Waals surface area (Å²) < 4.78 is 0. The summed E-state index contributed by atoms with van der Waals surface area (Å²) in [6.45, 7) is 3.63. The minimum atomic E-state index is 0.335. The Morgan fingerprint density at radius 3 is 3.12 bits per heavy atom. The van der Waals surface area contributed by atoms with Crippen molar-refractivity contribution in [3.63, 3.8) is 0 Å². The van der Waals surface area contributed by atoms with E-state index < -0.39 is 0 Å². The molecule has 1 saturated heterocycles. The lowest BCUT2D eigenvalue weighted by atomic mass is 10.2. The van der Waals surface area contributed by atoms with Crippen LogP contribution in [0.15, 0.2) is 12.3 Å². The molecule has 1 aliphatic heterocycles. The van der Waals surface area contributed by atoms with Gasteiger partial charge in [-0.05, 0) is 19.5 Å². The Hall–Kier alpha value is -1.40. The molecule has 0 saturated carbocycles. The molecular formula is C11H20N6. The fraction of sp³-hybridized carbons (Fsp3) is 0.636. The van der Waals surface area contributed by atoms with Gasteiger partial charge in [0.05, 0.1) is 0 Å². The molecule has 0 radical (unpaired) electrons. The van der Waals surface area contributed by atoms with Gasteiger partial charge in [0.1, 0.15) is 5.82 Å². The van der Waals surface area contributed by atoms with Crippen molar-refractivity contribution < 1.29 is 0 Å². The van der Waals surface area contributed by atoms with Crippen molar-refractivity contribution in [2.75, 3.05) is 43.9 Å². The van der Waals surface area contributed by atoms with E-state index in [1.165, 1.54) is 0 Å². The highest BCUT2D eigenvalue weighted by atomic mass is 15.3. The SMILES string of the molecule is CN(CCN)[C@@H]1CCN(c2ccnc(N)n2)C1. The Bertz CT molecular complexity index is 369. The Balaban J connectivity index is 1.98. The molecule has 2 rings (SSSR count). The maximum absolute atomic E-state index is 5.59. The average molecular weight is 236 g/mol. The zero-order valence-electron chi connectivity index (χ0n) is 10.2. The third-order valence-corrected chi connectivity index (χ3v) is 3.25. The van der Waals surface area contributed by atoms with Crippen LogP contribution < -0.4 is 16.4 Å². The van der Waals surface area contributed by atoms with Crippen molar-refractivity contribution in [1.82, 2.24) is 14.9 Å². The average Bonchev–Trinajstić information content (AvgIpc) is 2.78. The molecule has 1 aromatic heterocycles. The number of nitrogens with two attached hydrogens (primary N) is 2. The van der Waals surface area contributed by atoms with Gasteiger partial charge in [-0.2, -0.15) is 4.98 Å². The van der Waals surface area contributed by atoms with Gasteiger partial charge < -0.3 is 21.3 Å². The summed E-state index contributed by atoms with van der Waals surface area (Å²) in [5, 5.41) is 0. The van der Waals surface area contributed by atoms with Gasteiger partial charge in [-0.15, -0.1) is 0 Å². The molecule has 6 nitrogen and oxygen atoms in total. The van der Waals surface area contributed by atoms with E-state index in [9.17, 15) is 0 Å². The van der Waals surface area contributed by atoms with Crippen molar-refractivity contribution in [3.8, 4) is 0 Å². The summed E-state index contributed by atoms with van der Waals surface area (Å²) in [6, 6.07) is 2.46. The molecule has 2 heterocycles.